The molecular weight excluding hydrogens is 228 g/mol. The number of methoxy groups -OCH3 is 1. The van der Waals surface area contributed by atoms with Crippen molar-refractivity contribution >= 4 is 5.78 Å². The number of benzene rings is 1. The van der Waals surface area contributed by atoms with Crippen LogP contribution in [-0.2, 0) is 14.9 Å². The van der Waals surface area contributed by atoms with Gasteiger partial charge in [-0.2, -0.15) is 0 Å². The predicted octanol–water partition coefficient (Wildman–Crippen LogP) is 2.72. The van der Waals surface area contributed by atoms with E-state index in [-0.39, 0.29) is 17.3 Å². The zero-order valence-corrected chi connectivity index (χ0v) is 11.4. The molecule has 0 aromatic heterocycles. The maximum atomic E-state index is 11.3. The maximum absolute atomic E-state index is 11.3. The van der Waals surface area contributed by atoms with E-state index >= 15 is 0 Å². The molecule has 0 heterocycles. The molecule has 3 heteroatoms. The van der Waals surface area contributed by atoms with Crippen molar-refractivity contribution < 1.29 is 14.3 Å². The summed E-state index contributed by atoms with van der Waals surface area (Å²) in [5.74, 6) is 0.972. The molecule has 0 saturated heterocycles. The van der Waals surface area contributed by atoms with E-state index in [1.807, 2.05) is 18.2 Å². The number of ketones is 1. The second kappa shape index (κ2) is 4.73. The van der Waals surface area contributed by atoms with Crippen LogP contribution in [0.1, 0.15) is 32.8 Å². The summed E-state index contributed by atoms with van der Waals surface area (Å²) >= 11 is 0. The first kappa shape index (κ1) is 13.1. The SMILES string of the molecule is COC1C(=O)CC1Oc1ccccc1C(C)(C)C. The van der Waals surface area contributed by atoms with Gasteiger partial charge in [0.2, 0.25) is 0 Å². The van der Waals surface area contributed by atoms with Gasteiger partial charge in [-0.25, -0.2) is 0 Å². The fourth-order valence-corrected chi connectivity index (χ4v) is 2.21. The van der Waals surface area contributed by atoms with Crippen LogP contribution < -0.4 is 4.74 Å². The molecule has 3 nitrogen and oxygen atoms in total. The normalized spacial score (nSPS) is 23.7. The summed E-state index contributed by atoms with van der Waals surface area (Å²) in [7, 11) is 1.55. The predicted molar refractivity (Wildman–Crippen MR) is 70.0 cm³/mol. The Balaban J connectivity index is 2.18. The van der Waals surface area contributed by atoms with Gasteiger partial charge in [0.25, 0.3) is 0 Å². The highest BCUT2D eigenvalue weighted by molar-refractivity contribution is 5.90. The summed E-state index contributed by atoms with van der Waals surface area (Å²) in [4.78, 5) is 11.3. The summed E-state index contributed by atoms with van der Waals surface area (Å²) in [5.41, 5.74) is 1.17. The van der Waals surface area contributed by atoms with Crippen LogP contribution in [0.15, 0.2) is 24.3 Å². The van der Waals surface area contributed by atoms with E-state index < -0.39 is 6.10 Å². The lowest BCUT2D eigenvalue weighted by Crippen LogP contribution is -2.51. The van der Waals surface area contributed by atoms with Crippen LogP contribution in [0.5, 0.6) is 5.75 Å². The zero-order valence-electron chi connectivity index (χ0n) is 11.4. The number of carbonyl (C=O) groups is 1. The molecule has 1 aliphatic rings. The summed E-state index contributed by atoms with van der Waals surface area (Å²) in [6, 6.07) is 7.98. The highest BCUT2D eigenvalue weighted by Gasteiger charge is 2.42. The minimum absolute atomic E-state index is 0.0208. The maximum Gasteiger partial charge on any atom is 0.169 e. The number of Topliss-reactive ketones (excluding diaryl/α,β-unsaturated/α-hetero) is 1. The lowest BCUT2D eigenvalue weighted by atomic mass is 9.85. The van der Waals surface area contributed by atoms with Crippen molar-refractivity contribution in [3.63, 3.8) is 0 Å². The van der Waals surface area contributed by atoms with E-state index in [0.717, 1.165) is 11.3 Å². The smallest absolute Gasteiger partial charge is 0.169 e. The number of hydrogen-bond donors (Lipinski definition) is 0. The minimum Gasteiger partial charge on any atom is -0.486 e. The van der Waals surface area contributed by atoms with Gasteiger partial charge in [0, 0.05) is 13.5 Å². The lowest BCUT2D eigenvalue weighted by Gasteiger charge is -2.35. The van der Waals surface area contributed by atoms with Gasteiger partial charge in [-0.05, 0) is 17.0 Å². The quantitative estimate of drug-likeness (QED) is 0.825. The van der Waals surface area contributed by atoms with Crippen molar-refractivity contribution in [2.45, 2.75) is 44.8 Å². The van der Waals surface area contributed by atoms with Gasteiger partial charge in [-0.3, -0.25) is 4.79 Å². The highest BCUT2D eigenvalue weighted by Crippen LogP contribution is 2.34. The Morgan fingerprint density at radius 3 is 2.44 bits per heavy atom. The number of carbonyl (C=O) groups excluding carboxylic acids is 1. The number of ether oxygens (including phenoxy) is 2. The molecule has 18 heavy (non-hydrogen) atoms. The van der Waals surface area contributed by atoms with E-state index in [2.05, 4.69) is 26.8 Å². The highest BCUT2D eigenvalue weighted by atomic mass is 16.5. The largest absolute Gasteiger partial charge is 0.486 e. The first-order valence-corrected chi connectivity index (χ1v) is 6.25. The molecule has 1 saturated carbocycles. The Hall–Kier alpha value is -1.35. The molecule has 2 atom stereocenters. The molecule has 0 radical (unpaired) electrons. The van der Waals surface area contributed by atoms with Crippen molar-refractivity contribution in [3.05, 3.63) is 29.8 Å². The Kier molecular flexibility index (Phi) is 3.44. The van der Waals surface area contributed by atoms with Gasteiger partial charge in [-0.1, -0.05) is 39.0 Å². The van der Waals surface area contributed by atoms with Crippen LogP contribution in [0.3, 0.4) is 0 Å². The van der Waals surface area contributed by atoms with Crippen molar-refractivity contribution in [2.75, 3.05) is 7.11 Å². The third-order valence-corrected chi connectivity index (χ3v) is 3.28. The number of rotatable bonds is 3. The standard InChI is InChI=1S/C15H20O3/c1-15(2,3)10-7-5-6-8-12(10)18-13-9-11(16)14(13)17-4/h5-8,13-14H,9H2,1-4H3. The molecule has 0 amide bonds. The van der Waals surface area contributed by atoms with E-state index in [1.54, 1.807) is 7.11 Å². The average molecular weight is 248 g/mol. The van der Waals surface area contributed by atoms with Gasteiger partial charge >= 0.3 is 0 Å². The van der Waals surface area contributed by atoms with Crippen molar-refractivity contribution in [1.29, 1.82) is 0 Å². The first-order valence-electron chi connectivity index (χ1n) is 6.25. The average Bonchev–Trinajstić information content (AvgIpc) is 2.28. The molecule has 1 aromatic rings. The Morgan fingerprint density at radius 1 is 1.22 bits per heavy atom. The third-order valence-electron chi connectivity index (χ3n) is 3.28. The molecule has 0 aliphatic heterocycles. The van der Waals surface area contributed by atoms with Crippen LogP contribution in [0.4, 0.5) is 0 Å². The molecule has 0 bridgehead atoms. The van der Waals surface area contributed by atoms with Crippen LogP contribution in [0.2, 0.25) is 0 Å². The van der Waals surface area contributed by atoms with Crippen molar-refractivity contribution in [1.82, 2.24) is 0 Å². The topological polar surface area (TPSA) is 35.5 Å². The molecule has 2 rings (SSSR count). The van der Waals surface area contributed by atoms with E-state index in [0.29, 0.717) is 6.42 Å². The van der Waals surface area contributed by atoms with Crippen LogP contribution >= 0.6 is 0 Å². The Labute approximate surface area is 108 Å². The lowest BCUT2D eigenvalue weighted by molar-refractivity contribution is -0.151. The molecule has 2 unspecified atom stereocenters. The van der Waals surface area contributed by atoms with Crippen LogP contribution in [0.25, 0.3) is 0 Å². The molecule has 1 fully saturated rings. The monoisotopic (exact) mass is 248 g/mol. The second-order valence-electron chi connectivity index (χ2n) is 5.73. The van der Waals surface area contributed by atoms with Gasteiger partial charge in [0.1, 0.15) is 11.9 Å². The zero-order chi connectivity index (χ0) is 13.3. The molecule has 0 spiro atoms. The van der Waals surface area contributed by atoms with E-state index in [4.69, 9.17) is 9.47 Å². The first-order chi connectivity index (χ1) is 8.43. The summed E-state index contributed by atoms with van der Waals surface area (Å²) < 4.78 is 11.1. The van der Waals surface area contributed by atoms with E-state index in [1.165, 1.54) is 0 Å². The van der Waals surface area contributed by atoms with Crippen molar-refractivity contribution in [3.8, 4) is 5.75 Å². The van der Waals surface area contributed by atoms with Gasteiger partial charge in [-0.15, -0.1) is 0 Å². The fourth-order valence-electron chi connectivity index (χ4n) is 2.21. The molecule has 98 valence electrons. The summed E-state index contributed by atoms with van der Waals surface area (Å²) in [6.45, 7) is 6.44. The molecule has 0 N–H and O–H groups in total. The molecule has 1 aromatic carbocycles. The molecular formula is C15H20O3. The fraction of sp³-hybridized carbons (Fsp3) is 0.533. The number of hydrogen-bond acceptors (Lipinski definition) is 3. The summed E-state index contributed by atoms with van der Waals surface area (Å²) in [5, 5.41) is 0. The third kappa shape index (κ3) is 2.41. The van der Waals surface area contributed by atoms with Gasteiger partial charge < -0.3 is 9.47 Å². The van der Waals surface area contributed by atoms with Crippen LogP contribution in [-0.4, -0.2) is 25.1 Å². The Bertz CT molecular complexity index is 445. The minimum atomic E-state index is -0.405. The Morgan fingerprint density at radius 2 is 1.89 bits per heavy atom. The van der Waals surface area contributed by atoms with Crippen molar-refractivity contribution in [2.24, 2.45) is 0 Å². The van der Waals surface area contributed by atoms with Gasteiger partial charge in [0.05, 0.1) is 0 Å². The van der Waals surface area contributed by atoms with Gasteiger partial charge in [0.15, 0.2) is 11.9 Å². The van der Waals surface area contributed by atoms with Crippen LogP contribution in [0, 0.1) is 0 Å². The second-order valence-corrected chi connectivity index (χ2v) is 5.73. The summed E-state index contributed by atoms with van der Waals surface area (Å²) in [6.07, 6.45) is -0.110. The van der Waals surface area contributed by atoms with E-state index in [9.17, 15) is 4.79 Å². The number of para-hydroxylation sites is 1. The molecule has 1 aliphatic carbocycles.